The van der Waals surface area contributed by atoms with Crippen LogP contribution in [-0.4, -0.2) is 22.4 Å². The van der Waals surface area contributed by atoms with Crippen LogP contribution >= 0.6 is 11.3 Å². The Bertz CT molecular complexity index is 803. The molecule has 2 aliphatic rings. The second kappa shape index (κ2) is 4.58. The fourth-order valence-electron chi connectivity index (χ4n) is 3.76. The zero-order chi connectivity index (χ0) is 15.5. The molecular weight excluding hydrogens is 308 g/mol. The maximum absolute atomic E-state index is 13.3. The Hall–Kier alpha value is -1.34. The Morgan fingerprint density at radius 2 is 2.00 bits per heavy atom. The van der Waals surface area contributed by atoms with Crippen LogP contribution in [0.15, 0.2) is 4.79 Å². The molecule has 0 bridgehead atoms. The summed E-state index contributed by atoms with van der Waals surface area (Å²) in [6, 6.07) is 0. The van der Waals surface area contributed by atoms with E-state index in [2.05, 4.69) is 9.97 Å². The monoisotopic (exact) mass is 325 g/mol. The topological polar surface area (TPSA) is 71.8 Å². The number of H-pyrrole nitrogens is 1. The largest absolute Gasteiger partial charge is 0.329 e. The van der Waals surface area contributed by atoms with Crippen molar-refractivity contribution in [1.29, 1.82) is 0 Å². The summed E-state index contributed by atoms with van der Waals surface area (Å²) >= 11 is 1.53. The van der Waals surface area contributed by atoms with E-state index >= 15 is 0 Å². The number of aromatic amines is 1. The Kier molecular flexibility index (Phi) is 2.97. The third-order valence-corrected chi connectivity index (χ3v) is 6.10. The molecule has 0 aliphatic heterocycles. The highest BCUT2D eigenvalue weighted by Gasteiger charge is 2.58. The van der Waals surface area contributed by atoms with Gasteiger partial charge in [0.2, 0.25) is 5.92 Å². The number of hydrogen-bond donors (Lipinski definition) is 2. The van der Waals surface area contributed by atoms with Gasteiger partial charge in [0, 0.05) is 24.3 Å². The molecule has 0 saturated heterocycles. The molecule has 0 radical (unpaired) electrons. The van der Waals surface area contributed by atoms with Crippen LogP contribution in [0.1, 0.15) is 41.9 Å². The smallest absolute Gasteiger partial charge is 0.259 e. The van der Waals surface area contributed by atoms with Crippen molar-refractivity contribution in [2.45, 2.75) is 49.9 Å². The molecule has 3 N–H and O–H groups in total. The van der Waals surface area contributed by atoms with Gasteiger partial charge in [-0.05, 0) is 31.2 Å². The molecular formula is C15H17F2N3OS. The minimum absolute atomic E-state index is 0.0716. The average Bonchev–Trinajstić information content (AvgIpc) is 2.82. The van der Waals surface area contributed by atoms with Gasteiger partial charge in [-0.3, -0.25) is 4.79 Å². The van der Waals surface area contributed by atoms with Crippen molar-refractivity contribution < 1.29 is 8.78 Å². The summed E-state index contributed by atoms with van der Waals surface area (Å²) in [5.41, 5.74) is 5.73. The number of hydrogen-bond acceptors (Lipinski definition) is 4. The molecule has 4 nitrogen and oxygen atoms in total. The Labute approximate surface area is 129 Å². The van der Waals surface area contributed by atoms with Gasteiger partial charge in [0.15, 0.2) is 0 Å². The molecule has 0 unspecified atom stereocenters. The molecule has 22 heavy (non-hydrogen) atoms. The zero-order valence-corrected chi connectivity index (χ0v) is 12.9. The van der Waals surface area contributed by atoms with E-state index in [1.807, 2.05) is 0 Å². The van der Waals surface area contributed by atoms with Crippen molar-refractivity contribution >= 4 is 21.6 Å². The number of nitrogens with one attached hydrogen (secondary N) is 1. The Morgan fingerprint density at radius 3 is 2.68 bits per heavy atom. The second-order valence-corrected chi connectivity index (χ2v) is 7.58. The molecule has 2 aliphatic carbocycles. The van der Waals surface area contributed by atoms with Gasteiger partial charge in [-0.2, -0.15) is 0 Å². The van der Waals surface area contributed by atoms with E-state index in [0.29, 0.717) is 16.0 Å². The van der Waals surface area contributed by atoms with Crippen LogP contribution in [0, 0.1) is 0 Å². The molecule has 0 spiro atoms. The van der Waals surface area contributed by atoms with Crippen LogP contribution in [0.3, 0.4) is 0 Å². The van der Waals surface area contributed by atoms with Gasteiger partial charge < -0.3 is 10.7 Å². The number of aromatic nitrogens is 2. The average molecular weight is 325 g/mol. The lowest BCUT2D eigenvalue weighted by atomic mass is 9.65. The van der Waals surface area contributed by atoms with Gasteiger partial charge in [0.05, 0.1) is 10.8 Å². The van der Waals surface area contributed by atoms with Crippen LogP contribution in [-0.2, 0) is 18.3 Å². The van der Waals surface area contributed by atoms with Crippen molar-refractivity contribution in [1.82, 2.24) is 9.97 Å². The number of thiophene rings is 1. The van der Waals surface area contributed by atoms with Crippen molar-refractivity contribution in [2.24, 2.45) is 5.73 Å². The third-order valence-electron chi connectivity index (χ3n) is 4.91. The maximum atomic E-state index is 13.3. The van der Waals surface area contributed by atoms with Crippen LogP contribution in [0.2, 0.25) is 0 Å². The van der Waals surface area contributed by atoms with Gasteiger partial charge in [0.1, 0.15) is 10.7 Å². The fraction of sp³-hybridized carbons (Fsp3) is 0.600. The van der Waals surface area contributed by atoms with Gasteiger partial charge in [-0.25, -0.2) is 13.8 Å². The lowest BCUT2D eigenvalue weighted by Gasteiger charge is -2.45. The van der Waals surface area contributed by atoms with Crippen molar-refractivity contribution in [3.63, 3.8) is 0 Å². The molecule has 2 aromatic rings. The van der Waals surface area contributed by atoms with E-state index in [1.165, 1.54) is 16.2 Å². The molecule has 0 amide bonds. The van der Waals surface area contributed by atoms with E-state index in [0.717, 1.165) is 31.2 Å². The van der Waals surface area contributed by atoms with Crippen molar-refractivity contribution in [3.8, 4) is 0 Å². The van der Waals surface area contributed by atoms with Crippen molar-refractivity contribution in [3.05, 3.63) is 26.6 Å². The molecule has 118 valence electrons. The number of nitrogens with zero attached hydrogens (tertiary/aromatic N) is 1. The summed E-state index contributed by atoms with van der Waals surface area (Å²) in [7, 11) is 0. The number of alkyl halides is 2. The van der Waals surface area contributed by atoms with E-state index in [1.54, 1.807) is 0 Å². The minimum atomic E-state index is -2.71. The Balaban J connectivity index is 1.86. The molecule has 0 atom stereocenters. The lowest BCUT2D eigenvalue weighted by molar-refractivity contribution is -0.126. The molecule has 0 aromatic carbocycles. The summed E-state index contributed by atoms with van der Waals surface area (Å²) in [4.78, 5) is 21.6. The summed E-state index contributed by atoms with van der Waals surface area (Å²) in [6.45, 7) is 0.0716. The van der Waals surface area contributed by atoms with Crippen LogP contribution < -0.4 is 11.3 Å². The molecule has 2 aromatic heterocycles. The predicted octanol–water partition coefficient (Wildman–Crippen LogP) is 2.49. The predicted molar refractivity (Wildman–Crippen MR) is 81.8 cm³/mol. The first-order valence-electron chi connectivity index (χ1n) is 7.57. The lowest BCUT2D eigenvalue weighted by Crippen LogP contribution is -2.55. The summed E-state index contributed by atoms with van der Waals surface area (Å²) in [6.07, 6.45) is 3.42. The molecule has 1 saturated carbocycles. The first kappa shape index (κ1) is 14.3. The van der Waals surface area contributed by atoms with E-state index < -0.39 is 11.3 Å². The van der Waals surface area contributed by atoms with Crippen LogP contribution in [0.4, 0.5) is 8.78 Å². The first-order valence-corrected chi connectivity index (χ1v) is 8.39. The highest BCUT2D eigenvalue weighted by Crippen LogP contribution is 2.52. The highest BCUT2D eigenvalue weighted by atomic mass is 32.1. The minimum Gasteiger partial charge on any atom is -0.329 e. The maximum Gasteiger partial charge on any atom is 0.259 e. The van der Waals surface area contributed by atoms with Crippen LogP contribution in [0.25, 0.3) is 10.2 Å². The van der Waals surface area contributed by atoms with Gasteiger partial charge in [0.25, 0.3) is 5.56 Å². The number of fused-ring (bicyclic) bond motifs is 3. The standard InChI is InChI=1S/C15H17F2N3OS/c16-15(17)5-14(6-15,7-18)13-19-11(21)10-8-3-1-2-4-9(8)22-12(10)20-13/h1-7,18H2,(H,19,20,21). The molecule has 7 heteroatoms. The number of aryl methyl sites for hydroxylation is 2. The van der Waals surface area contributed by atoms with Crippen molar-refractivity contribution in [2.75, 3.05) is 6.54 Å². The third kappa shape index (κ3) is 1.95. The number of rotatable bonds is 2. The normalized spacial score (nSPS) is 22.3. The second-order valence-electron chi connectivity index (χ2n) is 6.50. The molecule has 4 rings (SSSR count). The highest BCUT2D eigenvalue weighted by molar-refractivity contribution is 7.18. The SMILES string of the molecule is NCC1(c2nc3sc4c(c3c(=O)[nH]2)CCCC4)CC(F)(F)C1. The summed E-state index contributed by atoms with van der Waals surface area (Å²) < 4.78 is 26.7. The van der Waals surface area contributed by atoms with E-state index in [4.69, 9.17) is 5.73 Å². The van der Waals surface area contributed by atoms with E-state index in [-0.39, 0.29) is 24.9 Å². The van der Waals surface area contributed by atoms with Gasteiger partial charge >= 0.3 is 0 Å². The number of nitrogens with two attached hydrogens (primary N) is 1. The fourth-order valence-corrected chi connectivity index (χ4v) is 5.02. The Morgan fingerprint density at radius 1 is 1.27 bits per heavy atom. The summed E-state index contributed by atoms with van der Waals surface area (Å²) in [5.74, 6) is -2.38. The van der Waals surface area contributed by atoms with Crippen LogP contribution in [0.5, 0.6) is 0 Å². The van der Waals surface area contributed by atoms with E-state index in [9.17, 15) is 13.6 Å². The van der Waals surface area contributed by atoms with Gasteiger partial charge in [-0.15, -0.1) is 11.3 Å². The molecule has 1 fully saturated rings. The first-order chi connectivity index (χ1) is 10.4. The quantitative estimate of drug-likeness (QED) is 0.891. The summed E-state index contributed by atoms with van der Waals surface area (Å²) in [5, 5.41) is 0.654. The zero-order valence-electron chi connectivity index (χ0n) is 12.0. The molecule has 2 heterocycles. The number of halogens is 2. The van der Waals surface area contributed by atoms with Gasteiger partial charge in [-0.1, -0.05) is 0 Å².